The maximum atomic E-state index is 12.1. The Kier molecular flexibility index (Phi) is 6.17. The first-order valence-corrected chi connectivity index (χ1v) is 8.12. The van der Waals surface area contributed by atoms with E-state index in [1.54, 1.807) is 12.1 Å². The summed E-state index contributed by atoms with van der Waals surface area (Å²) < 4.78 is 10.2. The van der Waals surface area contributed by atoms with E-state index in [2.05, 4.69) is 19.2 Å². The number of anilines is 1. The minimum atomic E-state index is -0.497. The van der Waals surface area contributed by atoms with Gasteiger partial charge in [0.05, 0.1) is 7.11 Å². The number of amides is 1. The quantitative estimate of drug-likeness (QED) is 0.809. The number of hydrogen-bond donors (Lipinski definition) is 1. The molecule has 0 bridgehead atoms. The molecular weight excluding hydrogens is 318 g/mol. The molecule has 0 aliphatic heterocycles. The molecule has 25 heavy (non-hydrogen) atoms. The lowest BCUT2D eigenvalue weighted by atomic mass is 10.0. The Morgan fingerprint density at radius 3 is 2.36 bits per heavy atom. The van der Waals surface area contributed by atoms with E-state index in [0.29, 0.717) is 22.9 Å². The van der Waals surface area contributed by atoms with Crippen molar-refractivity contribution in [2.45, 2.75) is 26.7 Å². The molecule has 5 heteroatoms. The maximum absolute atomic E-state index is 12.1. The van der Waals surface area contributed by atoms with Gasteiger partial charge >= 0.3 is 5.97 Å². The first-order chi connectivity index (χ1) is 11.9. The molecular formula is C20H23NO4. The van der Waals surface area contributed by atoms with E-state index in [0.717, 1.165) is 5.56 Å². The number of aryl methyl sites for hydroxylation is 1. The molecule has 0 fully saturated rings. The zero-order chi connectivity index (χ0) is 18.4. The predicted octanol–water partition coefficient (Wildman–Crippen LogP) is 3.92. The molecule has 0 atom stereocenters. The van der Waals surface area contributed by atoms with Gasteiger partial charge in [0.2, 0.25) is 0 Å². The highest BCUT2D eigenvalue weighted by Crippen LogP contribution is 2.21. The largest absolute Gasteiger partial charge is 0.483 e. The molecule has 0 saturated heterocycles. The van der Waals surface area contributed by atoms with Crippen molar-refractivity contribution in [2.75, 3.05) is 19.0 Å². The van der Waals surface area contributed by atoms with Gasteiger partial charge in [-0.15, -0.1) is 0 Å². The lowest BCUT2D eigenvalue weighted by Gasteiger charge is -2.12. The van der Waals surface area contributed by atoms with Gasteiger partial charge in [-0.25, -0.2) is 4.79 Å². The van der Waals surface area contributed by atoms with Crippen LogP contribution in [0, 0.1) is 6.92 Å². The first-order valence-electron chi connectivity index (χ1n) is 8.12. The van der Waals surface area contributed by atoms with E-state index in [1.165, 1.54) is 12.7 Å². The molecule has 2 aromatic carbocycles. The van der Waals surface area contributed by atoms with Gasteiger partial charge in [0.15, 0.2) is 6.61 Å². The number of carbonyl (C=O) groups excluding carboxylic acids is 2. The number of esters is 1. The molecule has 5 nitrogen and oxygen atoms in total. The van der Waals surface area contributed by atoms with Crippen LogP contribution in [-0.4, -0.2) is 25.6 Å². The fourth-order valence-electron chi connectivity index (χ4n) is 2.33. The van der Waals surface area contributed by atoms with Gasteiger partial charge in [0.1, 0.15) is 11.3 Å². The van der Waals surface area contributed by atoms with E-state index in [4.69, 9.17) is 9.47 Å². The zero-order valence-corrected chi connectivity index (χ0v) is 15.0. The van der Waals surface area contributed by atoms with Crippen LogP contribution < -0.4 is 10.1 Å². The normalized spacial score (nSPS) is 10.4. The third-order valence-electron chi connectivity index (χ3n) is 3.76. The van der Waals surface area contributed by atoms with E-state index < -0.39 is 5.97 Å². The predicted molar refractivity (Wildman–Crippen MR) is 97.2 cm³/mol. The second kappa shape index (κ2) is 8.33. The van der Waals surface area contributed by atoms with Crippen LogP contribution in [0.1, 0.15) is 41.3 Å². The smallest absolute Gasteiger partial charge is 0.341 e. The summed E-state index contributed by atoms with van der Waals surface area (Å²) in [6, 6.07) is 12.8. The van der Waals surface area contributed by atoms with Gasteiger partial charge in [-0.3, -0.25) is 4.79 Å². The molecule has 2 aromatic rings. The third kappa shape index (κ3) is 5.08. The summed E-state index contributed by atoms with van der Waals surface area (Å²) in [7, 11) is 1.31. The number of methoxy groups -OCH3 is 1. The molecule has 1 N–H and O–H groups in total. The van der Waals surface area contributed by atoms with E-state index in [9.17, 15) is 9.59 Å². The molecule has 0 aliphatic carbocycles. The van der Waals surface area contributed by atoms with Crippen LogP contribution in [0.3, 0.4) is 0 Å². The van der Waals surface area contributed by atoms with Crippen LogP contribution in [-0.2, 0) is 9.53 Å². The number of nitrogens with one attached hydrogen (secondary N) is 1. The summed E-state index contributed by atoms with van der Waals surface area (Å²) in [5.74, 6) is -0.0359. The lowest BCUT2D eigenvalue weighted by Crippen LogP contribution is -2.21. The summed E-state index contributed by atoms with van der Waals surface area (Å²) in [6.45, 7) is 5.90. The highest BCUT2D eigenvalue weighted by atomic mass is 16.5. The van der Waals surface area contributed by atoms with Crippen molar-refractivity contribution in [3.05, 3.63) is 59.2 Å². The van der Waals surface area contributed by atoms with Crippen LogP contribution in [0.2, 0.25) is 0 Å². The number of ether oxygens (including phenoxy) is 2. The fraction of sp³-hybridized carbons (Fsp3) is 0.300. The Hall–Kier alpha value is -2.82. The average molecular weight is 341 g/mol. The fourth-order valence-corrected chi connectivity index (χ4v) is 2.33. The van der Waals surface area contributed by atoms with Gasteiger partial charge in [0.25, 0.3) is 5.91 Å². The van der Waals surface area contributed by atoms with Crippen LogP contribution in [0.15, 0.2) is 42.5 Å². The van der Waals surface area contributed by atoms with Crippen molar-refractivity contribution in [1.29, 1.82) is 0 Å². The van der Waals surface area contributed by atoms with Gasteiger partial charge in [0, 0.05) is 5.69 Å². The van der Waals surface area contributed by atoms with Crippen molar-refractivity contribution in [2.24, 2.45) is 0 Å². The Balaban J connectivity index is 1.99. The minimum absolute atomic E-state index is 0.195. The molecule has 1 amide bonds. The van der Waals surface area contributed by atoms with Crippen molar-refractivity contribution in [3.8, 4) is 5.75 Å². The first kappa shape index (κ1) is 18.5. The van der Waals surface area contributed by atoms with Crippen molar-refractivity contribution < 1.29 is 19.1 Å². The SMILES string of the molecule is COC(=O)c1cc(C)ccc1OCC(=O)Nc1ccc(C(C)C)cc1. The van der Waals surface area contributed by atoms with Crippen LogP contribution in [0.4, 0.5) is 5.69 Å². The van der Waals surface area contributed by atoms with Crippen molar-refractivity contribution >= 4 is 17.6 Å². The van der Waals surface area contributed by atoms with Gasteiger partial charge in [-0.05, 0) is 42.7 Å². The van der Waals surface area contributed by atoms with E-state index in [-0.39, 0.29) is 12.5 Å². The molecule has 0 spiro atoms. The minimum Gasteiger partial charge on any atom is -0.483 e. The monoisotopic (exact) mass is 341 g/mol. The van der Waals surface area contributed by atoms with Crippen LogP contribution in [0.5, 0.6) is 5.75 Å². The Morgan fingerprint density at radius 1 is 1.08 bits per heavy atom. The second-order valence-electron chi connectivity index (χ2n) is 6.10. The van der Waals surface area contributed by atoms with Crippen molar-refractivity contribution in [1.82, 2.24) is 0 Å². The highest BCUT2D eigenvalue weighted by Gasteiger charge is 2.14. The van der Waals surface area contributed by atoms with Gasteiger partial charge < -0.3 is 14.8 Å². The molecule has 0 unspecified atom stereocenters. The molecule has 0 aromatic heterocycles. The summed E-state index contributed by atoms with van der Waals surface area (Å²) >= 11 is 0. The summed E-state index contributed by atoms with van der Waals surface area (Å²) in [5, 5.41) is 2.77. The molecule has 0 heterocycles. The lowest BCUT2D eigenvalue weighted by molar-refractivity contribution is -0.118. The Labute approximate surface area is 148 Å². The average Bonchev–Trinajstić information content (AvgIpc) is 2.60. The molecule has 0 aliphatic rings. The Bertz CT molecular complexity index is 751. The maximum Gasteiger partial charge on any atom is 0.341 e. The van der Waals surface area contributed by atoms with E-state index in [1.807, 2.05) is 37.3 Å². The third-order valence-corrected chi connectivity index (χ3v) is 3.76. The van der Waals surface area contributed by atoms with Crippen molar-refractivity contribution in [3.63, 3.8) is 0 Å². The number of hydrogen-bond acceptors (Lipinski definition) is 4. The highest BCUT2D eigenvalue weighted by molar-refractivity contribution is 5.94. The molecule has 0 saturated carbocycles. The summed E-state index contributed by atoms with van der Waals surface area (Å²) in [5.41, 5.74) is 3.12. The van der Waals surface area contributed by atoms with E-state index >= 15 is 0 Å². The number of rotatable bonds is 6. The summed E-state index contributed by atoms with van der Waals surface area (Å²) in [6.07, 6.45) is 0. The van der Waals surface area contributed by atoms with Gasteiger partial charge in [-0.2, -0.15) is 0 Å². The van der Waals surface area contributed by atoms with Gasteiger partial charge in [-0.1, -0.05) is 37.6 Å². The summed E-state index contributed by atoms with van der Waals surface area (Å²) in [4.78, 5) is 23.9. The molecule has 0 radical (unpaired) electrons. The standard InChI is InChI=1S/C20H23NO4/c1-13(2)15-6-8-16(9-7-15)21-19(22)12-25-18-10-5-14(3)11-17(18)20(23)24-4/h5-11,13H,12H2,1-4H3,(H,21,22). The van der Waals surface area contributed by atoms with Crippen LogP contribution in [0.25, 0.3) is 0 Å². The van der Waals surface area contributed by atoms with Crippen LogP contribution >= 0.6 is 0 Å². The topological polar surface area (TPSA) is 64.6 Å². The molecule has 132 valence electrons. The second-order valence-corrected chi connectivity index (χ2v) is 6.10. The molecule has 2 rings (SSSR count). The number of carbonyl (C=O) groups is 2. The Morgan fingerprint density at radius 2 is 1.76 bits per heavy atom. The number of benzene rings is 2. The zero-order valence-electron chi connectivity index (χ0n) is 15.0.